The van der Waals surface area contributed by atoms with Crippen LogP contribution in [0.25, 0.3) is 0 Å². The van der Waals surface area contributed by atoms with Crippen molar-refractivity contribution in [3.05, 3.63) is 59.7 Å². The predicted octanol–water partition coefficient (Wildman–Crippen LogP) is 3.08. The highest BCUT2D eigenvalue weighted by atomic mass is 35.5. The third kappa shape index (κ3) is 3.00. The molecule has 0 fully saturated rings. The lowest BCUT2D eigenvalue weighted by Gasteiger charge is -2.12. The van der Waals surface area contributed by atoms with E-state index in [9.17, 15) is 0 Å². The maximum atomic E-state index is 6.20. The molecule has 2 aromatic carbocycles. The van der Waals surface area contributed by atoms with Crippen LogP contribution < -0.4 is 15.2 Å². The normalized spacial score (nSPS) is 13.7. The minimum absolute atomic E-state index is 0. The third-order valence-corrected chi connectivity index (χ3v) is 3.12. The quantitative estimate of drug-likeness (QED) is 0.938. The van der Waals surface area contributed by atoms with E-state index in [1.165, 1.54) is 0 Å². The summed E-state index contributed by atoms with van der Waals surface area (Å²) in [5.41, 5.74) is 8.51. The Morgan fingerprint density at radius 3 is 2.53 bits per heavy atom. The molecule has 1 atom stereocenters. The second-order valence-corrected chi connectivity index (χ2v) is 4.41. The van der Waals surface area contributed by atoms with Gasteiger partial charge in [-0.05, 0) is 29.7 Å². The molecule has 3 rings (SSSR count). The van der Waals surface area contributed by atoms with Gasteiger partial charge < -0.3 is 15.2 Å². The fourth-order valence-corrected chi connectivity index (χ4v) is 2.14. The standard InChI is InChI=1S/C15H15NO2.ClH/c16-13(12-4-2-1-3-5-12)8-11-6-7-14-15(9-11)18-10-17-14;/h1-7,9,13H,8,10,16H2;1H. The molecule has 0 spiro atoms. The molecule has 2 aromatic rings. The van der Waals surface area contributed by atoms with Crippen LogP contribution in [0, 0.1) is 0 Å². The molecule has 1 aliphatic rings. The van der Waals surface area contributed by atoms with Gasteiger partial charge in [-0.2, -0.15) is 0 Å². The summed E-state index contributed by atoms with van der Waals surface area (Å²) in [4.78, 5) is 0. The van der Waals surface area contributed by atoms with Crippen LogP contribution in [-0.4, -0.2) is 6.79 Å². The average molecular weight is 278 g/mol. The van der Waals surface area contributed by atoms with Gasteiger partial charge in [-0.15, -0.1) is 12.4 Å². The smallest absolute Gasteiger partial charge is 0.231 e. The van der Waals surface area contributed by atoms with Crippen LogP contribution in [0.2, 0.25) is 0 Å². The molecule has 0 aliphatic carbocycles. The second-order valence-electron chi connectivity index (χ2n) is 4.41. The highest BCUT2D eigenvalue weighted by Crippen LogP contribution is 2.33. The number of ether oxygens (including phenoxy) is 2. The highest BCUT2D eigenvalue weighted by Gasteiger charge is 2.14. The summed E-state index contributed by atoms with van der Waals surface area (Å²) >= 11 is 0. The van der Waals surface area contributed by atoms with Gasteiger partial charge in [-0.1, -0.05) is 36.4 Å². The lowest BCUT2D eigenvalue weighted by molar-refractivity contribution is 0.174. The van der Waals surface area contributed by atoms with Crippen molar-refractivity contribution in [3.63, 3.8) is 0 Å². The van der Waals surface area contributed by atoms with Crippen LogP contribution in [0.3, 0.4) is 0 Å². The average Bonchev–Trinajstić information content (AvgIpc) is 2.87. The minimum atomic E-state index is 0. The van der Waals surface area contributed by atoms with Crippen molar-refractivity contribution >= 4 is 12.4 Å². The summed E-state index contributed by atoms with van der Waals surface area (Å²) in [5, 5.41) is 0. The lowest BCUT2D eigenvalue weighted by atomic mass is 9.99. The minimum Gasteiger partial charge on any atom is -0.454 e. The lowest BCUT2D eigenvalue weighted by Crippen LogP contribution is -2.13. The van der Waals surface area contributed by atoms with Crippen molar-refractivity contribution in [1.82, 2.24) is 0 Å². The summed E-state index contributed by atoms with van der Waals surface area (Å²) in [6, 6.07) is 16.1. The first-order chi connectivity index (χ1) is 8.83. The van der Waals surface area contributed by atoms with Crippen LogP contribution >= 0.6 is 12.4 Å². The first-order valence-electron chi connectivity index (χ1n) is 6.02. The molecule has 0 radical (unpaired) electrons. The van der Waals surface area contributed by atoms with Crippen molar-refractivity contribution in [2.45, 2.75) is 12.5 Å². The molecule has 0 saturated heterocycles. The molecular weight excluding hydrogens is 262 g/mol. The van der Waals surface area contributed by atoms with E-state index in [0.29, 0.717) is 6.79 Å². The van der Waals surface area contributed by atoms with Gasteiger partial charge in [0.05, 0.1) is 0 Å². The van der Waals surface area contributed by atoms with E-state index < -0.39 is 0 Å². The summed E-state index contributed by atoms with van der Waals surface area (Å²) < 4.78 is 10.7. The molecule has 1 unspecified atom stereocenters. The number of hydrogen-bond donors (Lipinski definition) is 1. The topological polar surface area (TPSA) is 44.5 Å². The maximum Gasteiger partial charge on any atom is 0.231 e. The van der Waals surface area contributed by atoms with E-state index in [0.717, 1.165) is 29.0 Å². The maximum absolute atomic E-state index is 6.20. The van der Waals surface area contributed by atoms with Gasteiger partial charge >= 0.3 is 0 Å². The number of hydrogen-bond acceptors (Lipinski definition) is 3. The summed E-state index contributed by atoms with van der Waals surface area (Å²) in [7, 11) is 0. The third-order valence-electron chi connectivity index (χ3n) is 3.12. The van der Waals surface area contributed by atoms with Gasteiger partial charge in [0.15, 0.2) is 11.5 Å². The van der Waals surface area contributed by atoms with E-state index in [-0.39, 0.29) is 18.4 Å². The van der Waals surface area contributed by atoms with Gasteiger partial charge in [0.2, 0.25) is 6.79 Å². The predicted molar refractivity (Wildman–Crippen MR) is 76.9 cm³/mol. The Hall–Kier alpha value is -1.71. The van der Waals surface area contributed by atoms with Gasteiger partial charge in [-0.3, -0.25) is 0 Å². The Morgan fingerprint density at radius 2 is 1.74 bits per heavy atom. The van der Waals surface area contributed by atoms with Crippen LogP contribution in [0.1, 0.15) is 17.2 Å². The Balaban J connectivity index is 0.00000133. The zero-order valence-corrected chi connectivity index (χ0v) is 11.2. The fraction of sp³-hybridized carbons (Fsp3) is 0.200. The molecule has 0 aromatic heterocycles. The van der Waals surface area contributed by atoms with Crippen molar-refractivity contribution < 1.29 is 9.47 Å². The summed E-state index contributed by atoms with van der Waals surface area (Å²) in [6.07, 6.45) is 0.792. The molecule has 19 heavy (non-hydrogen) atoms. The first-order valence-corrected chi connectivity index (χ1v) is 6.02. The zero-order chi connectivity index (χ0) is 12.4. The Morgan fingerprint density at radius 1 is 1.00 bits per heavy atom. The summed E-state index contributed by atoms with van der Waals surface area (Å²) in [5.74, 6) is 1.62. The van der Waals surface area contributed by atoms with Crippen molar-refractivity contribution in [2.75, 3.05) is 6.79 Å². The largest absolute Gasteiger partial charge is 0.454 e. The van der Waals surface area contributed by atoms with Crippen molar-refractivity contribution in [2.24, 2.45) is 5.73 Å². The van der Waals surface area contributed by atoms with E-state index in [1.807, 2.05) is 36.4 Å². The highest BCUT2D eigenvalue weighted by molar-refractivity contribution is 5.85. The second kappa shape index (κ2) is 5.95. The van der Waals surface area contributed by atoms with E-state index in [1.54, 1.807) is 0 Å². The van der Waals surface area contributed by atoms with Gasteiger partial charge in [0, 0.05) is 6.04 Å². The molecule has 1 aliphatic heterocycles. The number of halogens is 1. The van der Waals surface area contributed by atoms with Crippen molar-refractivity contribution in [1.29, 1.82) is 0 Å². The van der Waals surface area contributed by atoms with Gasteiger partial charge in [0.25, 0.3) is 0 Å². The van der Waals surface area contributed by atoms with Gasteiger partial charge in [0.1, 0.15) is 0 Å². The molecule has 0 saturated carbocycles. The van der Waals surface area contributed by atoms with Crippen LogP contribution in [0.5, 0.6) is 11.5 Å². The SMILES string of the molecule is Cl.NC(Cc1ccc2c(c1)OCO2)c1ccccc1. The molecular formula is C15H16ClNO2. The molecule has 100 valence electrons. The van der Waals surface area contributed by atoms with Crippen molar-refractivity contribution in [3.8, 4) is 11.5 Å². The molecule has 0 amide bonds. The number of rotatable bonds is 3. The molecule has 0 bridgehead atoms. The number of fused-ring (bicyclic) bond motifs is 1. The molecule has 2 N–H and O–H groups in total. The molecule has 3 nitrogen and oxygen atoms in total. The van der Waals surface area contributed by atoms with E-state index in [4.69, 9.17) is 15.2 Å². The van der Waals surface area contributed by atoms with Crippen LogP contribution in [0.15, 0.2) is 48.5 Å². The Bertz CT molecular complexity index is 545. The van der Waals surface area contributed by atoms with Crippen LogP contribution in [0.4, 0.5) is 0 Å². The van der Waals surface area contributed by atoms with Gasteiger partial charge in [-0.25, -0.2) is 0 Å². The number of benzene rings is 2. The Labute approximate surface area is 118 Å². The Kier molecular flexibility index (Phi) is 4.30. The zero-order valence-electron chi connectivity index (χ0n) is 10.4. The fourth-order valence-electron chi connectivity index (χ4n) is 2.14. The molecule has 1 heterocycles. The van der Waals surface area contributed by atoms with E-state index >= 15 is 0 Å². The first kappa shape index (κ1) is 13.7. The molecule has 4 heteroatoms. The monoisotopic (exact) mass is 277 g/mol. The number of nitrogens with two attached hydrogens (primary N) is 1. The van der Waals surface area contributed by atoms with Crippen LogP contribution in [-0.2, 0) is 6.42 Å². The van der Waals surface area contributed by atoms with E-state index in [2.05, 4.69) is 12.1 Å². The summed E-state index contributed by atoms with van der Waals surface area (Å²) in [6.45, 7) is 0.309.